The number of aliphatic hydroxyl groups excluding tert-OH is 2. The highest BCUT2D eigenvalue weighted by atomic mass is 16.5. The van der Waals surface area contributed by atoms with Gasteiger partial charge in [0.05, 0.1) is 30.3 Å². The standard InChI is InChI=1S/C21H30O5/c22-17(13-18(23)14-20(24)25)8-10-21-11-9-19(26-21)12-16(21)7-6-15-4-2-1-3-5-15/h1-5,16-19,22-23H,6-14H2,(H,24,25)/t16-,17+,18+,19-,21-/m0/s1. The van der Waals surface area contributed by atoms with Crippen LogP contribution in [-0.2, 0) is 16.0 Å². The number of rotatable bonds is 10. The third-order valence-corrected chi connectivity index (χ3v) is 6.06. The van der Waals surface area contributed by atoms with E-state index in [0.29, 0.717) is 18.4 Å². The summed E-state index contributed by atoms with van der Waals surface area (Å²) in [5, 5.41) is 28.6. The molecule has 2 saturated heterocycles. The van der Waals surface area contributed by atoms with Gasteiger partial charge in [-0.2, -0.15) is 0 Å². The molecule has 2 aliphatic rings. The molecule has 0 saturated carbocycles. The van der Waals surface area contributed by atoms with E-state index < -0.39 is 18.2 Å². The summed E-state index contributed by atoms with van der Waals surface area (Å²) in [5.41, 5.74) is 1.21. The molecule has 1 aromatic carbocycles. The van der Waals surface area contributed by atoms with Gasteiger partial charge in [0, 0.05) is 0 Å². The van der Waals surface area contributed by atoms with E-state index in [-0.39, 0.29) is 18.4 Å². The highest BCUT2D eigenvalue weighted by Gasteiger charge is 2.52. The van der Waals surface area contributed by atoms with E-state index in [1.54, 1.807) is 0 Å². The molecule has 26 heavy (non-hydrogen) atoms. The Bertz CT molecular complexity index is 589. The predicted molar refractivity (Wildman–Crippen MR) is 97.8 cm³/mol. The van der Waals surface area contributed by atoms with E-state index in [0.717, 1.165) is 38.5 Å². The van der Waals surface area contributed by atoms with Gasteiger partial charge in [0.15, 0.2) is 0 Å². The molecule has 5 atom stereocenters. The Labute approximate surface area is 155 Å². The second-order valence-electron chi connectivity index (χ2n) is 7.98. The van der Waals surface area contributed by atoms with Gasteiger partial charge in [-0.15, -0.1) is 0 Å². The summed E-state index contributed by atoms with van der Waals surface area (Å²) < 4.78 is 6.31. The van der Waals surface area contributed by atoms with Crippen LogP contribution in [0.4, 0.5) is 0 Å². The van der Waals surface area contributed by atoms with Crippen LogP contribution in [0.2, 0.25) is 0 Å². The average Bonchev–Trinajstić information content (AvgIpc) is 3.17. The third kappa shape index (κ3) is 4.84. The fraction of sp³-hybridized carbons (Fsp3) is 0.667. The molecule has 3 rings (SSSR count). The summed E-state index contributed by atoms with van der Waals surface area (Å²) in [5.74, 6) is -0.528. The number of benzene rings is 1. The molecule has 0 amide bonds. The molecule has 1 aromatic rings. The number of aliphatic carboxylic acids is 1. The van der Waals surface area contributed by atoms with Crippen molar-refractivity contribution in [3.8, 4) is 0 Å². The largest absolute Gasteiger partial charge is 0.481 e. The Hall–Kier alpha value is -1.43. The van der Waals surface area contributed by atoms with Gasteiger partial charge in [0.2, 0.25) is 0 Å². The maximum Gasteiger partial charge on any atom is 0.305 e. The van der Waals surface area contributed by atoms with Crippen LogP contribution < -0.4 is 0 Å². The van der Waals surface area contributed by atoms with E-state index in [2.05, 4.69) is 24.3 Å². The van der Waals surface area contributed by atoms with Crippen molar-refractivity contribution in [1.29, 1.82) is 0 Å². The lowest BCUT2D eigenvalue weighted by molar-refractivity contribution is -0.139. The molecule has 2 heterocycles. The van der Waals surface area contributed by atoms with E-state index in [1.807, 2.05) is 6.07 Å². The second kappa shape index (κ2) is 8.51. The number of fused-ring (bicyclic) bond motifs is 2. The molecule has 0 unspecified atom stereocenters. The number of carboxylic acids is 1. The molecule has 0 aliphatic carbocycles. The van der Waals surface area contributed by atoms with Gasteiger partial charge in [-0.25, -0.2) is 0 Å². The number of carbonyl (C=O) groups is 1. The van der Waals surface area contributed by atoms with Gasteiger partial charge in [-0.05, 0) is 62.8 Å². The molecule has 2 bridgehead atoms. The molecule has 3 N–H and O–H groups in total. The van der Waals surface area contributed by atoms with Gasteiger partial charge in [0.1, 0.15) is 0 Å². The fourth-order valence-corrected chi connectivity index (χ4v) is 4.74. The quantitative estimate of drug-likeness (QED) is 0.596. The lowest BCUT2D eigenvalue weighted by Gasteiger charge is -2.34. The number of aliphatic hydroxyl groups is 2. The van der Waals surface area contributed by atoms with Gasteiger partial charge in [0.25, 0.3) is 0 Å². The summed E-state index contributed by atoms with van der Waals surface area (Å²) in [6.45, 7) is 0. The Morgan fingerprint density at radius 3 is 2.69 bits per heavy atom. The zero-order chi connectivity index (χ0) is 18.6. The van der Waals surface area contributed by atoms with Gasteiger partial charge < -0.3 is 20.1 Å². The van der Waals surface area contributed by atoms with E-state index in [9.17, 15) is 15.0 Å². The molecule has 0 radical (unpaired) electrons. The van der Waals surface area contributed by atoms with Crippen molar-refractivity contribution in [2.24, 2.45) is 5.92 Å². The maximum absolute atomic E-state index is 10.6. The molecular weight excluding hydrogens is 332 g/mol. The van der Waals surface area contributed by atoms with Crippen LogP contribution in [0.3, 0.4) is 0 Å². The topological polar surface area (TPSA) is 87.0 Å². The molecule has 2 fully saturated rings. The maximum atomic E-state index is 10.6. The molecule has 5 nitrogen and oxygen atoms in total. The van der Waals surface area contributed by atoms with Gasteiger partial charge in [-0.1, -0.05) is 30.3 Å². The first-order chi connectivity index (χ1) is 12.5. The van der Waals surface area contributed by atoms with Crippen LogP contribution in [0.25, 0.3) is 0 Å². The monoisotopic (exact) mass is 362 g/mol. The van der Waals surface area contributed by atoms with Crippen LogP contribution >= 0.6 is 0 Å². The van der Waals surface area contributed by atoms with Crippen LogP contribution in [0.1, 0.15) is 56.9 Å². The molecule has 144 valence electrons. The zero-order valence-electron chi connectivity index (χ0n) is 15.2. The summed E-state index contributed by atoms with van der Waals surface area (Å²) in [6.07, 6.45) is 5.18. The average molecular weight is 362 g/mol. The first-order valence-corrected chi connectivity index (χ1v) is 9.76. The van der Waals surface area contributed by atoms with Crippen molar-refractivity contribution < 1.29 is 24.9 Å². The van der Waals surface area contributed by atoms with E-state index in [1.165, 1.54) is 5.56 Å². The lowest BCUT2D eigenvalue weighted by Crippen LogP contribution is -2.35. The number of carboxylic acid groups (broad SMARTS) is 1. The summed E-state index contributed by atoms with van der Waals surface area (Å²) in [7, 11) is 0. The second-order valence-corrected chi connectivity index (χ2v) is 7.98. The molecular formula is C21H30O5. The van der Waals surface area contributed by atoms with Crippen molar-refractivity contribution in [2.45, 2.75) is 81.7 Å². The Morgan fingerprint density at radius 2 is 2.00 bits per heavy atom. The zero-order valence-corrected chi connectivity index (χ0v) is 15.2. The molecule has 0 aromatic heterocycles. The minimum atomic E-state index is -1.04. The normalized spacial score (nSPS) is 29.6. The third-order valence-electron chi connectivity index (χ3n) is 6.06. The first kappa shape index (κ1) is 19.3. The van der Waals surface area contributed by atoms with Crippen LogP contribution in [-0.4, -0.2) is 45.2 Å². The van der Waals surface area contributed by atoms with Crippen molar-refractivity contribution in [3.63, 3.8) is 0 Å². The van der Waals surface area contributed by atoms with Crippen molar-refractivity contribution in [1.82, 2.24) is 0 Å². The van der Waals surface area contributed by atoms with Crippen molar-refractivity contribution >= 4 is 5.97 Å². The van der Waals surface area contributed by atoms with E-state index >= 15 is 0 Å². The highest BCUT2D eigenvalue weighted by molar-refractivity contribution is 5.67. The van der Waals surface area contributed by atoms with Crippen molar-refractivity contribution in [2.75, 3.05) is 0 Å². The summed E-state index contributed by atoms with van der Waals surface area (Å²) in [4.78, 5) is 10.6. The lowest BCUT2D eigenvalue weighted by atomic mass is 9.73. The molecule has 2 aliphatic heterocycles. The fourth-order valence-electron chi connectivity index (χ4n) is 4.74. The first-order valence-electron chi connectivity index (χ1n) is 9.76. The van der Waals surface area contributed by atoms with Crippen LogP contribution in [0, 0.1) is 5.92 Å². The van der Waals surface area contributed by atoms with E-state index in [4.69, 9.17) is 9.84 Å². The van der Waals surface area contributed by atoms with Crippen LogP contribution in [0.5, 0.6) is 0 Å². The Balaban J connectivity index is 1.50. The number of aryl methyl sites for hydroxylation is 1. The summed E-state index contributed by atoms with van der Waals surface area (Å²) in [6, 6.07) is 10.5. The highest BCUT2D eigenvalue weighted by Crippen LogP contribution is 2.52. The summed E-state index contributed by atoms with van der Waals surface area (Å²) >= 11 is 0. The van der Waals surface area contributed by atoms with Crippen LogP contribution in [0.15, 0.2) is 30.3 Å². The van der Waals surface area contributed by atoms with Gasteiger partial charge >= 0.3 is 5.97 Å². The molecule has 0 spiro atoms. The minimum Gasteiger partial charge on any atom is -0.481 e. The molecule has 5 heteroatoms. The minimum absolute atomic E-state index is 0.112. The SMILES string of the molecule is O=C(O)C[C@H](O)C[C@H](O)CC[C@]12CC[C@@H](C[C@@H]1CCc1ccccc1)O2. The smallest absolute Gasteiger partial charge is 0.305 e. The predicted octanol–water partition coefficient (Wildman–Crippen LogP) is 2.92. The Kier molecular flexibility index (Phi) is 6.33. The Morgan fingerprint density at radius 1 is 1.23 bits per heavy atom. The number of hydrogen-bond acceptors (Lipinski definition) is 4. The number of ether oxygens (including phenoxy) is 1. The van der Waals surface area contributed by atoms with Gasteiger partial charge in [-0.3, -0.25) is 4.79 Å². The number of hydrogen-bond donors (Lipinski definition) is 3. The van der Waals surface area contributed by atoms with Crippen molar-refractivity contribution in [3.05, 3.63) is 35.9 Å².